The Hall–Kier alpha value is 0. The first kappa shape index (κ1) is 12.5. The maximum Gasteiger partial charge on any atom is -0.0207 e. The number of hydrogen-bond acceptors (Lipinski definition) is 0. The van der Waals surface area contributed by atoms with E-state index in [0.717, 1.165) is 53.3 Å². The third-order valence-electron chi connectivity index (χ3n) is 11.2. The average Bonchev–Trinajstić information content (AvgIpc) is 2.64. The molecule has 112 valence electrons. The molecule has 0 heterocycles. The second-order valence-corrected chi connectivity index (χ2v) is 10.2. The summed E-state index contributed by atoms with van der Waals surface area (Å²) in [5, 5.41) is 0. The lowest BCUT2D eigenvalue weighted by Crippen LogP contribution is -2.57. The Bertz CT molecular complexity index is 499. The van der Waals surface area contributed by atoms with Crippen LogP contribution >= 0.6 is 0 Å². The largest absolute Gasteiger partial charge is 0.0619 e. The van der Waals surface area contributed by atoms with Gasteiger partial charge in [-0.1, -0.05) is 48.5 Å². The third-order valence-corrected chi connectivity index (χ3v) is 11.2. The van der Waals surface area contributed by atoms with E-state index in [1.165, 1.54) is 0 Å². The van der Waals surface area contributed by atoms with Crippen molar-refractivity contribution in [3.8, 4) is 0 Å². The highest BCUT2D eigenvalue weighted by Gasteiger charge is 2.86. The Balaban J connectivity index is 1.90. The first-order chi connectivity index (χ1) is 9.23. The zero-order valence-electron chi connectivity index (χ0n) is 14.4. The molecular weight excluding hydrogens is 240 g/mol. The van der Waals surface area contributed by atoms with E-state index >= 15 is 0 Å². The topological polar surface area (TPSA) is 0 Å². The summed E-state index contributed by atoms with van der Waals surface area (Å²) in [7, 11) is 0. The zero-order chi connectivity index (χ0) is 14.4. The molecule has 6 aliphatic rings. The minimum atomic E-state index is 0.598. The van der Waals surface area contributed by atoms with E-state index in [-0.39, 0.29) is 0 Å². The molecule has 12 unspecified atom stereocenters. The van der Waals surface area contributed by atoms with Crippen LogP contribution in [0.4, 0.5) is 0 Å². The number of rotatable bonds is 0. The molecule has 6 rings (SSSR count). The van der Waals surface area contributed by atoms with Crippen molar-refractivity contribution in [3.63, 3.8) is 0 Å². The van der Waals surface area contributed by atoms with Crippen molar-refractivity contribution in [2.24, 2.45) is 69.5 Å². The molecule has 0 aliphatic heterocycles. The quantitative estimate of drug-likeness (QED) is 0.576. The Morgan fingerprint density at radius 2 is 1.25 bits per heavy atom. The summed E-state index contributed by atoms with van der Waals surface area (Å²) in [4.78, 5) is 0. The van der Waals surface area contributed by atoms with E-state index in [9.17, 15) is 0 Å². The monoisotopic (exact) mass is 272 g/mol. The van der Waals surface area contributed by atoms with E-state index in [1.807, 2.05) is 0 Å². The fourth-order valence-corrected chi connectivity index (χ4v) is 10.7. The van der Waals surface area contributed by atoms with Gasteiger partial charge in [0.25, 0.3) is 0 Å². The van der Waals surface area contributed by atoms with Gasteiger partial charge in [0.2, 0.25) is 0 Å². The Morgan fingerprint density at radius 1 is 0.700 bits per heavy atom. The molecule has 20 heavy (non-hydrogen) atoms. The number of fused-ring (bicyclic) bond motifs is 1. The lowest BCUT2D eigenvalue weighted by Gasteiger charge is -2.62. The molecule has 0 radical (unpaired) electrons. The Morgan fingerprint density at radius 3 is 1.90 bits per heavy atom. The Kier molecular flexibility index (Phi) is 1.82. The lowest BCUT2D eigenvalue weighted by atomic mass is 9.42. The molecule has 6 saturated carbocycles. The molecule has 0 aromatic heterocycles. The van der Waals surface area contributed by atoms with Gasteiger partial charge in [-0.3, -0.25) is 0 Å². The molecule has 0 saturated heterocycles. The van der Waals surface area contributed by atoms with Crippen molar-refractivity contribution in [1.29, 1.82) is 0 Å². The molecule has 0 N–H and O–H groups in total. The van der Waals surface area contributed by atoms with Crippen molar-refractivity contribution in [3.05, 3.63) is 0 Å². The van der Waals surface area contributed by atoms with Crippen LogP contribution in [0.3, 0.4) is 0 Å². The van der Waals surface area contributed by atoms with Crippen molar-refractivity contribution >= 4 is 0 Å². The Labute approximate surface area is 125 Å². The van der Waals surface area contributed by atoms with Gasteiger partial charge in [-0.05, 0) is 75.9 Å². The second-order valence-electron chi connectivity index (χ2n) is 10.2. The third kappa shape index (κ3) is 0.755. The summed E-state index contributed by atoms with van der Waals surface area (Å²) in [6.45, 7) is 18.7. The van der Waals surface area contributed by atoms with Crippen LogP contribution in [0, 0.1) is 69.5 Å². The van der Waals surface area contributed by atoms with Gasteiger partial charge in [-0.15, -0.1) is 0 Å². The van der Waals surface area contributed by atoms with Gasteiger partial charge >= 0.3 is 0 Å². The predicted octanol–water partition coefficient (Wildman–Crippen LogP) is 5.09. The molecular formula is C20H32. The van der Waals surface area contributed by atoms with Gasteiger partial charge in [0.05, 0.1) is 0 Å². The summed E-state index contributed by atoms with van der Waals surface area (Å²) < 4.78 is 0. The summed E-state index contributed by atoms with van der Waals surface area (Å²) in [5.74, 6) is 9.03. The standard InChI is InChI=1S/C20H32/c1-9-13-8-14-17-12(4)19(6)10(2)15(9)18(17,5)16(13)11(3)20(14,19)7/h9-17H,8H2,1-7H3. The zero-order valence-corrected chi connectivity index (χ0v) is 14.4. The van der Waals surface area contributed by atoms with Gasteiger partial charge in [0.1, 0.15) is 0 Å². The molecule has 0 amide bonds. The normalized spacial score (nSPS) is 79.7. The minimum absolute atomic E-state index is 0.598. The highest BCUT2D eigenvalue weighted by molar-refractivity contribution is 5.33. The van der Waals surface area contributed by atoms with Crippen molar-refractivity contribution in [2.75, 3.05) is 0 Å². The molecule has 0 aromatic carbocycles. The van der Waals surface area contributed by atoms with Gasteiger partial charge in [0.15, 0.2) is 0 Å². The van der Waals surface area contributed by atoms with Crippen LogP contribution in [0.25, 0.3) is 0 Å². The van der Waals surface area contributed by atoms with Crippen molar-refractivity contribution < 1.29 is 0 Å². The highest BCUT2D eigenvalue weighted by atomic mass is 14.9. The van der Waals surface area contributed by atoms with E-state index in [1.54, 1.807) is 6.42 Å². The van der Waals surface area contributed by atoms with Crippen molar-refractivity contribution in [1.82, 2.24) is 0 Å². The minimum Gasteiger partial charge on any atom is -0.0619 e. The van der Waals surface area contributed by atoms with Gasteiger partial charge in [-0.2, -0.15) is 0 Å². The van der Waals surface area contributed by atoms with E-state index in [4.69, 9.17) is 0 Å². The molecule has 0 aromatic rings. The van der Waals surface area contributed by atoms with Crippen molar-refractivity contribution in [2.45, 2.75) is 54.9 Å². The van der Waals surface area contributed by atoms with Gasteiger partial charge in [-0.25, -0.2) is 0 Å². The predicted molar refractivity (Wildman–Crippen MR) is 83.0 cm³/mol. The molecule has 7 bridgehead atoms. The maximum atomic E-state index is 2.74. The first-order valence-corrected chi connectivity index (χ1v) is 9.23. The molecule has 6 aliphatic carbocycles. The number of hydrogen-bond donors (Lipinski definition) is 0. The van der Waals surface area contributed by atoms with Crippen LogP contribution in [0.1, 0.15) is 54.9 Å². The smallest absolute Gasteiger partial charge is 0.0207 e. The van der Waals surface area contributed by atoms with Crippen LogP contribution in [0.5, 0.6) is 0 Å². The van der Waals surface area contributed by atoms with E-state index < -0.39 is 0 Å². The van der Waals surface area contributed by atoms with Crippen LogP contribution in [0.2, 0.25) is 0 Å². The summed E-state index contributed by atoms with van der Waals surface area (Å²) >= 11 is 0. The van der Waals surface area contributed by atoms with E-state index in [2.05, 4.69) is 48.5 Å². The molecule has 12 atom stereocenters. The van der Waals surface area contributed by atoms with Gasteiger partial charge < -0.3 is 0 Å². The van der Waals surface area contributed by atoms with E-state index in [0.29, 0.717) is 16.2 Å². The van der Waals surface area contributed by atoms with Gasteiger partial charge in [0, 0.05) is 0 Å². The summed E-state index contributed by atoms with van der Waals surface area (Å²) in [6.07, 6.45) is 1.58. The second kappa shape index (κ2) is 2.91. The molecule has 0 heteroatoms. The lowest BCUT2D eigenvalue weighted by molar-refractivity contribution is -0.147. The summed E-state index contributed by atoms with van der Waals surface area (Å²) in [6, 6.07) is 0. The fraction of sp³-hybridized carbons (Fsp3) is 1.00. The molecule has 0 nitrogen and oxygen atoms in total. The van der Waals surface area contributed by atoms with Crippen LogP contribution in [-0.4, -0.2) is 0 Å². The summed E-state index contributed by atoms with van der Waals surface area (Å²) in [5.41, 5.74) is 1.91. The molecule has 0 spiro atoms. The van der Waals surface area contributed by atoms with Crippen LogP contribution in [-0.2, 0) is 0 Å². The first-order valence-electron chi connectivity index (χ1n) is 9.23. The fourth-order valence-electron chi connectivity index (χ4n) is 10.7. The van der Waals surface area contributed by atoms with Crippen LogP contribution in [0.15, 0.2) is 0 Å². The highest BCUT2D eigenvalue weighted by Crippen LogP contribution is 2.90. The van der Waals surface area contributed by atoms with Crippen LogP contribution < -0.4 is 0 Å². The maximum absolute atomic E-state index is 2.74. The SMILES string of the molecule is CC1C2CC3C4C(C)C5(C)C(C)C1C4(C)C2C(C)C35C. The molecule has 6 fully saturated rings. The average molecular weight is 272 g/mol.